The number of hydrogen-bond acceptors (Lipinski definition) is 3. The molecule has 5 nitrogen and oxygen atoms in total. The minimum absolute atomic E-state index is 0.0649. The zero-order chi connectivity index (χ0) is 15.2. The minimum atomic E-state index is 0.0649. The molecule has 116 valence electrons. The van der Waals surface area contributed by atoms with Gasteiger partial charge in [-0.15, -0.1) is 0 Å². The van der Waals surface area contributed by atoms with Crippen molar-refractivity contribution < 1.29 is 9.59 Å². The van der Waals surface area contributed by atoms with Crippen LogP contribution in [0, 0.1) is 11.3 Å². The lowest BCUT2D eigenvalue weighted by atomic mass is 9.91. The van der Waals surface area contributed by atoms with Gasteiger partial charge >= 0.3 is 0 Å². The zero-order valence-corrected chi connectivity index (χ0v) is 12.6. The van der Waals surface area contributed by atoms with Crippen molar-refractivity contribution in [2.45, 2.75) is 32.1 Å². The Morgan fingerprint density at radius 2 is 2.05 bits per heavy atom. The van der Waals surface area contributed by atoms with E-state index in [1.165, 1.54) is 0 Å². The first-order valence-corrected chi connectivity index (χ1v) is 8.11. The van der Waals surface area contributed by atoms with Crippen LogP contribution in [0.1, 0.15) is 31.2 Å². The van der Waals surface area contributed by atoms with Crippen molar-refractivity contribution in [3.8, 4) is 0 Å². The Morgan fingerprint density at radius 1 is 1.23 bits per heavy atom. The van der Waals surface area contributed by atoms with E-state index >= 15 is 0 Å². The third-order valence-corrected chi connectivity index (χ3v) is 5.37. The SMILES string of the molecule is O=C1CCc2cc(NC(=O)C3CC34CCNCC4)ccc2N1. The number of rotatable bonds is 2. The fraction of sp³-hybridized carbons (Fsp3) is 0.529. The second-order valence-corrected chi connectivity index (χ2v) is 6.78. The second-order valence-electron chi connectivity index (χ2n) is 6.78. The molecule has 5 heteroatoms. The quantitative estimate of drug-likeness (QED) is 0.781. The van der Waals surface area contributed by atoms with Crippen LogP contribution in [0.3, 0.4) is 0 Å². The molecule has 1 unspecified atom stereocenters. The van der Waals surface area contributed by atoms with Gasteiger partial charge in [-0.3, -0.25) is 9.59 Å². The number of nitrogens with one attached hydrogen (secondary N) is 3. The van der Waals surface area contributed by atoms with Gasteiger partial charge in [-0.05, 0) is 68.0 Å². The van der Waals surface area contributed by atoms with Crippen molar-refractivity contribution in [1.82, 2.24) is 5.32 Å². The molecule has 2 heterocycles. The molecule has 0 radical (unpaired) electrons. The highest BCUT2D eigenvalue weighted by Crippen LogP contribution is 2.58. The normalized spacial score (nSPS) is 25.3. The van der Waals surface area contributed by atoms with Crippen LogP contribution in [-0.4, -0.2) is 24.9 Å². The van der Waals surface area contributed by atoms with E-state index < -0.39 is 0 Å². The van der Waals surface area contributed by atoms with E-state index in [4.69, 9.17) is 0 Å². The maximum Gasteiger partial charge on any atom is 0.228 e. The number of aryl methyl sites for hydroxylation is 1. The van der Waals surface area contributed by atoms with Crippen LogP contribution in [0.4, 0.5) is 11.4 Å². The van der Waals surface area contributed by atoms with Gasteiger partial charge in [0.25, 0.3) is 0 Å². The molecule has 2 amide bonds. The van der Waals surface area contributed by atoms with Crippen LogP contribution in [0.15, 0.2) is 18.2 Å². The maximum absolute atomic E-state index is 12.5. The van der Waals surface area contributed by atoms with Crippen LogP contribution < -0.4 is 16.0 Å². The van der Waals surface area contributed by atoms with Crippen LogP contribution in [0.2, 0.25) is 0 Å². The average molecular weight is 299 g/mol. The van der Waals surface area contributed by atoms with Crippen molar-refractivity contribution in [3.05, 3.63) is 23.8 Å². The molecular weight excluding hydrogens is 278 g/mol. The number of hydrogen-bond donors (Lipinski definition) is 3. The van der Waals surface area contributed by atoms with Crippen LogP contribution in [0.5, 0.6) is 0 Å². The molecule has 1 aromatic carbocycles. The molecule has 0 bridgehead atoms. The minimum Gasteiger partial charge on any atom is -0.326 e. The largest absolute Gasteiger partial charge is 0.326 e. The highest BCUT2D eigenvalue weighted by Gasteiger charge is 2.57. The van der Waals surface area contributed by atoms with Gasteiger partial charge in [0.15, 0.2) is 0 Å². The van der Waals surface area contributed by atoms with Crippen molar-refractivity contribution in [2.24, 2.45) is 11.3 Å². The first kappa shape index (κ1) is 13.8. The Kier molecular flexibility index (Phi) is 3.18. The standard InChI is InChI=1S/C17H21N3O2/c21-15-4-1-11-9-12(2-3-14(11)20-15)19-16(22)13-10-17(13)5-7-18-8-6-17/h2-3,9,13,18H,1,4-8,10H2,(H,19,22)(H,20,21). The average Bonchev–Trinajstić information content (AvgIpc) is 3.21. The summed E-state index contributed by atoms with van der Waals surface area (Å²) >= 11 is 0. The third-order valence-electron chi connectivity index (χ3n) is 5.37. The fourth-order valence-electron chi connectivity index (χ4n) is 3.89. The van der Waals surface area contributed by atoms with Gasteiger partial charge in [0.1, 0.15) is 0 Å². The van der Waals surface area contributed by atoms with E-state index in [2.05, 4.69) is 16.0 Å². The molecule has 1 aromatic rings. The summed E-state index contributed by atoms with van der Waals surface area (Å²) in [6.45, 7) is 2.06. The van der Waals surface area contributed by atoms with E-state index in [0.717, 1.165) is 55.7 Å². The molecule has 1 saturated heterocycles. The summed E-state index contributed by atoms with van der Waals surface area (Å²) in [7, 11) is 0. The summed E-state index contributed by atoms with van der Waals surface area (Å²) in [5.41, 5.74) is 3.08. The highest BCUT2D eigenvalue weighted by molar-refractivity contribution is 5.97. The number of amides is 2. The van der Waals surface area contributed by atoms with Crippen molar-refractivity contribution in [3.63, 3.8) is 0 Å². The van der Waals surface area contributed by atoms with E-state index in [-0.39, 0.29) is 23.1 Å². The van der Waals surface area contributed by atoms with Gasteiger partial charge in [-0.1, -0.05) is 0 Å². The Bertz CT molecular complexity index is 635. The molecule has 1 aliphatic carbocycles. The van der Waals surface area contributed by atoms with E-state index in [0.29, 0.717) is 6.42 Å². The summed E-state index contributed by atoms with van der Waals surface area (Å²) < 4.78 is 0. The van der Waals surface area contributed by atoms with Crippen molar-refractivity contribution >= 4 is 23.2 Å². The number of anilines is 2. The van der Waals surface area contributed by atoms with Crippen LogP contribution in [-0.2, 0) is 16.0 Å². The maximum atomic E-state index is 12.5. The monoisotopic (exact) mass is 299 g/mol. The fourth-order valence-corrected chi connectivity index (χ4v) is 3.89. The highest BCUT2D eigenvalue weighted by atomic mass is 16.2. The molecule has 0 aromatic heterocycles. The number of fused-ring (bicyclic) bond motifs is 1. The summed E-state index contributed by atoms with van der Waals surface area (Å²) in [4.78, 5) is 23.8. The predicted molar refractivity (Wildman–Crippen MR) is 84.7 cm³/mol. The molecule has 1 atom stereocenters. The van der Waals surface area contributed by atoms with Gasteiger partial charge < -0.3 is 16.0 Å². The van der Waals surface area contributed by atoms with Gasteiger partial charge in [0.05, 0.1) is 0 Å². The van der Waals surface area contributed by atoms with Gasteiger partial charge in [0, 0.05) is 23.7 Å². The van der Waals surface area contributed by atoms with E-state index in [1.54, 1.807) is 0 Å². The zero-order valence-electron chi connectivity index (χ0n) is 12.6. The number of benzene rings is 1. The Hall–Kier alpha value is -1.88. The Labute approximate surface area is 129 Å². The lowest BCUT2D eigenvalue weighted by molar-refractivity contribution is -0.118. The predicted octanol–water partition coefficient (Wildman–Crippen LogP) is 1.90. The van der Waals surface area contributed by atoms with Gasteiger partial charge in [-0.2, -0.15) is 0 Å². The van der Waals surface area contributed by atoms with E-state index in [1.807, 2.05) is 18.2 Å². The molecular formula is C17H21N3O2. The number of carbonyl (C=O) groups excluding carboxylic acids is 2. The molecule has 1 saturated carbocycles. The molecule has 2 fully saturated rings. The summed E-state index contributed by atoms with van der Waals surface area (Å²) in [6.07, 6.45) is 4.51. The lowest BCUT2D eigenvalue weighted by Crippen LogP contribution is -2.31. The summed E-state index contributed by atoms with van der Waals surface area (Å²) in [6, 6.07) is 5.75. The molecule has 1 spiro atoms. The second kappa shape index (κ2) is 5.09. The third kappa shape index (κ3) is 2.39. The molecule has 4 rings (SSSR count). The molecule has 22 heavy (non-hydrogen) atoms. The summed E-state index contributed by atoms with van der Waals surface area (Å²) in [5.74, 6) is 0.391. The van der Waals surface area contributed by atoms with E-state index in [9.17, 15) is 9.59 Å². The van der Waals surface area contributed by atoms with Gasteiger partial charge in [0.2, 0.25) is 11.8 Å². The van der Waals surface area contributed by atoms with Gasteiger partial charge in [-0.25, -0.2) is 0 Å². The Morgan fingerprint density at radius 3 is 2.86 bits per heavy atom. The first-order valence-electron chi connectivity index (χ1n) is 8.11. The number of piperidine rings is 1. The Balaban J connectivity index is 1.43. The number of carbonyl (C=O) groups is 2. The topological polar surface area (TPSA) is 70.2 Å². The lowest BCUT2D eigenvalue weighted by Gasteiger charge is -2.23. The molecule has 3 N–H and O–H groups in total. The smallest absolute Gasteiger partial charge is 0.228 e. The summed E-state index contributed by atoms with van der Waals surface area (Å²) in [5, 5.41) is 9.29. The first-order chi connectivity index (χ1) is 10.7. The molecule has 2 aliphatic heterocycles. The van der Waals surface area contributed by atoms with Crippen molar-refractivity contribution in [1.29, 1.82) is 0 Å². The van der Waals surface area contributed by atoms with Crippen molar-refractivity contribution in [2.75, 3.05) is 23.7 Å². The van der Waals surface area contributed by atoms with Crippen LogP contribution >= 0.6 is 0 Å². The van der Waals surface area contributed by atoms with Crippen LogP contribution in [0.25, 0.3) is 0 Å². The molecule has 3 aliphatic rings.